The Hall–Kier alpha value is -2.82. The lowest BCUT2D eigenvalue weighted by Gasteiger charge is -2.07. The number of primary amides is 1. The lowest BCUT2D eigenvalue weighted by Crippen LogP contribution is -2.42. The van der Waals surface area contributed by atoms with E-state index in [0.717, 1.165) is 15.3 Å². The molecule has 11 heteroatoms. The standard InChI is InChI=1S/C11H15N7O4/c1-6(19)3-18-14-8(13-15-18)5-17-4-7(9(12)20)10(21)16(2)11(17)22/h4,6,19H,3,5H2,1-2H3,(H2,12,20)/t6-/m1/s1. The zero-order chi connectivity index (χ0) is 16.4. The van der Waals surface area contributed by atoms with Gasteiger partial charge in [0.05, 0.1) is 19.2 Å². The summed E-state index contributed by atoms with van der Waals surface area (Å²) in [6.07, 6.45) is 0.423. The summed E-state index contributed by atoms with van der Waals surface area (Å²) in [7, 11) is 1.24. The molecule has 0 spiro atoms. The number of rotatable bonds is 5. The van der Waals surface area contributed by atoms with Crippen molar-refractivity contribution in [3.05, 3.63) is 38.4 Å². The van der Waals surface area contributed by atoms with Gasteiger partial charge < -0.3 is 10.8 Å². The number of nitrogens with two attached hydrogens (primary N) is 1. The van der Waals surface area contributed by atoms with E-state index >= 15 is 0 Å². The van der Waals surface area contributed by atoms with Crippen molar-refractivity contribution in [3.63, 3.8) is 0 Å². The van der Waals surface area contributed by atoms with E-state index < -0.39 is 23.3 Å². The number of amides is 1. The van der Waals surface area contributed by atoms with E-state index in [1.807, 2.05) is 0 Å². The summed E-state index contributed by atoms with van der Waals surface area (Å²) in [6.45, 7) is 1.63. The second-order valence-corrected chi connectivity index (χ2v) is 4.79. The summed E-state index contributed by atoms with van der Waals surface area (Å²) >= 11 is 0. The molecule has 3 N–H and O–H groups in total. The first-order valence-electron chi connectivity index (χ1n) is 6.34. The van der Waals surface area contributed by atoms with Crippen molar-refractivity contribution in [2.45, 2.75) is 26.1 Å². The van der Waals surface area contributed by atoms with Crippen LogP contribution >= 0.6 is 0 Å². The monoisotopic (exact) mass is 309 g/mol. The molecule has 0 fully saturated rings. The number of aliphatic hydroxyl groups is 1. The number of hydrogen-bond donors (Lipinski definition) is 2. The van der Waals surface area contributed by atoms with Crippen LogP contribution in [0.15, 0.2) is 15.8 Å². The average Bonchev–Trinajstić information content (AvgIpc) is 2.85. The Morgan fingerprint density at radius 2 is 2.14 bits per heavy atom. The van der Waals surface area contributed by atoms with E-state index in [4.69, 9.17) is 5.73 Å². The van der Waals surface area contributed by atoms with Crippen LogP contribution in [0, 0.1) is 0 Å². The second kappa shape index (κ2) is 5.89. The molecule has 0 radical (unpaired) electrons. The largest absolute Gasteiger partial charge is 0.391 e. The van der Waals surface area contributed by atoms with Crippen LogP contribution in [0.5, 0.6) is 0 Å². The third kappa shape index (κ3) is 3.09. The highest BCUT2D eigenvalue weighted by Crippen LogP contribution is 1.94. The normalized spacial score (nSPS) is 12.3. The van der Waals surface area contributed by atoms with Crippen LogP contribution in [0.2, 0.25) is 0 Å². The Balaban J connectivity index is 2.37. The van der Waals surface area contributed by atoms with Gasteiger partial charge in [0.2, 0.25) is 0 Å². The van der Waals surface area contributed by atoms with Gasteiger partial charge in [-0.1, -0.05) is 0 Å². The van der Waals surface area contributed by atoms with E-state index in [-0.39, 0.29) is 24.5 Å². The third-order valence-electron chi connectivity index (χ3n) is 2.85. The van der Waals surface area contributed by atoms with E-state index in [1.165, 1.54) is 11.8 Å². The van der Waals surface area contributed by atoms with E-state index in [0.29, 0.717) is 0 Å². The molecule has 2 rings (SSSR count). The molecular formula is C11H15N7O4. The maximum Gasteiger partial charge on any atom is 0.331 e. The quantitative estimate of drug-likeness (QED) is 0.599. The highest BCUT2D eigenvalue weighted by Gasteiger charge is 2.14. The molecule has 0 aliphatic heterocycles. The van der Waals surface area contributed by atoms with Gasteiger partial charge >= 0.3 is 5.69 Å². The number of hydrogen-bond acceptors (Lipinski definition) is 7. The Bertz CT molecular complexity index is 817. The van der Waals surface area contributed by atoms with Crippen molar-refractivity contribution in [3.8, 4) is 0 Å². The summed E-state index contributed by atoms with van der Waals surface area (Å²) < 4.78 is 1.87. The second-order valence-electron chi connectivity index (χ2n) is 4.79. The van der Waals surface area contributed by atoms with Gasteiger partial charge in [-0.25, -0.2) is 4.79 Å². The smallest absolute Gasteiger partial charge is 0.331 e. The molecule has 11 nitrogen and oxygen atoms in total. The molecule has 0 saturated carbocycles. The third-order valence-corrected chi connectivity index (χ3v) is 2.85. The molecular weight excluding hydrogens is 294 g/mol. The minimum absolute atomic E-state index is 0.0902. The molecule has 1 atom stereocenters. The van der Waals surface area contributed by atoms with Crippen LogP contribution < -0.4 is 17.0 Å². The van der Waals surface area contributed by atoms with Crippen LogP contribution in [0.3, 0.4) is 0 Å². The van der Waals surface area contributed by atoms with Crippen LogP contribution in [-0.4, -0.2) is 46.5 Å². The summed E-state index contributed by atoms with van der Waals surface area (Å²) in [4.78, 5) is 36.2. The minimum atomic E-state index is -0.930. The highest BCUT2D eigenvalue weighted by molar-refractivity contribution is 5.92. The molecule has 1 amide bonds. The molecule has 0 saturated heterocycles. The van der Waals surface area contributed by atoms with Crippen molar-refractivity contribution in [1.29, 1.82) is 0 Å². The van der Waals surface area contributed by atoms with Crippen LogP contribution in [0.1, 0.15) is 23.1 Å². The molecule has 0 aliphatic carbocycles. The molecule has 2 heterocycles. The first-order chi connectivity index (χ1) is 10.3. The molecule has 0 aromatic carbocycles. The number of tetrazole rings is 1. The topological polar surface area (TPSA) is 151 Å². The Morgan fingerprint density at radius 1 is 1.45 bits per heavy atom. The predicted octanol–water partition coefficient (Wildman–Crippen LogP) is -2.94. The minimum Gasteiger partial charge on any atom is -0.391 e. The molecule has 2 aromatic rings. The van der Waals surface area contributed by atoms with E-state index in [2.05, 4.69) is 15.4 Å². The fourth-order valence-corrected chi connectivity index (χ4v) is 1.81. The lowest BCUT2D eigenvalue weighted by molar-refractivity contribution is 0.0997. The number of nitrogens with zero attached hydrogens (tertiary/aromatic N) is 6. The summed E-state index contributed by atoms with van der Waals surface area (Å²) in [5, 5.41) is 20.7. The number of aliphatic hydroxyl groups excluding tert-OH is 1. The fourth-order valence-electron chi connectivity index (χ4n) is 1.81. The molecule has 0 unspecified atom stereocenters. The first-order valence-corrected chi connectivity index (χ1v) is 6.34. The zero-order valence-corrected chi connectivity index (χ0v) is 12.0. The van der Waals surface area contributed by atoms with Gasteiger partial charge in [0.1, 0.15) is 5.56 Å². The van der Waals surface area contributed by atoms with Gasteiger partial charge in [-0.2, -0.15) is 4.80 Å². The van der Waals surface area contributed by atoms with E-state index in [1.54, 1.807) is 6.92 Å². The van der Waals surface area contributed by atoms with Gasteiger partial charge in [0.15, 0.2) is 5.82 Å². The first kappa shape index (κ1) is 15.6. The van der Waals surface area contributed by atoms with Crippen molar-refractivity contribution in [2.24, 2.45) is 12.8 Å². The van der Waals surface area contributed by atoms with Gasteiger partial charge in [0.25, 0.3) is 11.5 Å². The van der Waals surface area contributed by atoms with Gasteiger partial charge in [-0.15, -0.1) is 10.2 Å². The van der Waals surface area contributed by atoms with E-state index in [9.17, 15) is 19.5 Å². The fraction of sp³-hybridized carbons (Fsp3) is 0.455. The average molecular weight is 309 g/mol. The molecule has 0 aliphatic rings. The van der Waals surface area contributed by atoms with Gasteiger partial charge in [-0.3, -0.25) is 18.7 Å². The maximum atomic E-state index is 12.0. The Kier molecular flexibility index (Phi) is 4.17. The summed E-state index contributed by atoms with van der Waals surface area (Å²) in [6, 6.07) is 0. The molecule has 118 valence electrons. The lowest BCUT2D eigenvalue weighted by atomic mass is 10.3. The molecule has 0 bridgehead atoms. The van der Waals surface area contributed by atoms with Crippen LogP contribution in [-0.2, 0) is 20.1 Å². The summed E-state index contributed by atoms with van der Waals surface area (Å²) in [5.41, 5.74) is 3.40. The van der Waals surface area contributed by atoms with Crippen molar-refractivity contribution in [1.82, 2.24) is 29.3 Å². The summed E-state index contributed by atoms with van der Waals surface area (Å²) in [5.74, 6) is -0.739. The van der Waals surface area contributed by atoms with Gasteiger partial charge in [-0.05, 0) is 12.1 Å². The Morgan fingerprint density at radius 3 is 2.73 bits per heavy atom. The van der Waals surface area contributed by atoms with Gasteiger partial charge in [0, 0.05) is 13.2 Å². The highest BCUT2D eigenvalue weighted by atomic mass is 16.3. The number of aromatic nitrogens is 6. The molecule has 22 heavy (non-hydrogen) atoms. The molecule has 2 aromatic heterocycles. The predicted molar refractivity (Wildman–Crippen MR) is 73.1 cm³/mol. The van der Waals surface area contributed by atoms with Crippen molar-refractivity contribution in [2.75, 3.05) is 0 Å². The van der Waals surface area contributed by atoms with Crippen molar-refractivity contribution >= 4 is 5.91 Å². The Labute approximate surface area is 123 Å². The SMILES string of the molecule is C[C@@H](O)Cn1nnc(Cn2cc(C(N)=O)c(=O)n(C)c2=O)n1. The van der Waals surface area contributed by atoms with Crippen LogP contribution in [0.25, 0.3) is 0 Å². The van der Waals surface area contributed by atoms with Crippen LogP contribution in [0.4, 0.5) is 0 Å². The maximum absolute atomic E-state index is 12.0. The van der Waals surface area contributed by atoms with Crippen molar-refractivity contribution < 1.29 is 9.90 Å². The number of carbonyl (C=O) groups excluding carboxylic acids is 1. The number of carbonyl (C=O) groups is 1. The zero-order valence-electron chi connectivity index (χ0n) is 12.0.